The summed E-state index contributed by atoms with van der Waals surface area (Å²) in [6, 6.07) is 10.9. The van der Waals surface area contributed by atoms with E-state index in [0.29, 0.717) is 51.5 Å². The Bertz CT molecular complexity index is 2370. The maximum atomic E-state index is 15.0. The normalized spacial score (nSPS) is 16.8. The van der Waals surface area contributed by atoms with Crippen LogP contribution in [0.3, 0.4) is 0 Å². The predicted molar refractivity (Wildman–Crippen MR) is 308 cm³/mol. The van der Waals surface area contributed by atoms with Crippen molar-refractivity contribution in [1.82, 2.24) is 20.0 Å². The Balaban J connectivity index is 1.58. The molecule has 20 nitrogen and oxygen atoms in total. The maximum absolute atomic E-state index is 15.0. The molecule has 0 radical (unpaired) electrons. The molecule has 0 aliphatic carbocycles. The summed E-state index contributed by atoms with van der Waals surface area (Å²) in [5.41, 5.74) is 3.39. The fraction of sp³-hybridized carbons (Fsp3) is 0.672. The van der Waals surface area contributed by atoms with Crippen LogP contribution < -0.4 is 15.1 Å². The molecule has 3 amide bonds. The average Bonchev–Trinajstić information content (AvgIpc) is 3.44. The number of ether oxygens (including phenoxy) is 6. The third-order valence-corrected chi connectivity index (χ3v) is 14.7. The van der Waals surface area contributed by atoms with E-state index in [9.17, 15) is 33.6 Å². The number of anilines is 2. The summed E-state index contributed by atoms with van der Waals surface area (Å²) in [6.07, 6.45) is -4.44. The van der Waals surface area contributed by atoms with Gasteiger partial charge in [0, 0.05) is 71.5 Å². The van der Waals surface area contributed by atoms with Crippen LogP contribution in [0.1, 0.15) is 113 Å². The van der Waals surface area contributed by atoms with Gasteiger partial charge in [-0.3, -0.25) is 24.0 Å². The Morgan fingerprint density at radius 2 is 0.790 bits per heavy atom. The highest BCUT2D eigenvalue weighted by atomic mass is 16.6. The van der Waals surface area contributed by atoms with Gasteiger partial charge in [-0.25, -0.2) is 14.4 Å². The lowest BCUT2D eigenvalue weighted by molar-refractivity contribution is -0.174. The van der Waals surface area contributed by atoms with Crippen molar-refractivity contribution < 1.29 is 66.8 Å². The molecule has 2 fully saturated rings. The maximum Gasteiger partial charge on any atom is 0.329 e. The lowest BCUT2D eigenvalue weighted by atomic mass is 10.00. The Morgan fingerprint density at radius 3 is 1.14 bits per heavy atom. The summed E-state index contributed by atoms with van der Waals surface area (Å²) < 4.78 is 34.6. The number of carbonyl (C=O) groups excluding carboxylic acids is 8. The van der Waals surface area contributed by atoms with Crippen LogP contribution in [0.25, 0.3) is 0 Å². The number of rotatable bonds is 30. The molecular formula is C61H94N6O14. The zero-order valence-corrected chi connectivity index (χ0v) is 50.9. The highest BCUT2D eigenvalue weighted by molar-refractivity contribution is 5.93. The van der Waals surface area contributed by atoms with E-state index in [0.717, 1.165) is 30.0 Å². The smallest absolute Gasteiger partial charge is 0.329 e. The van der Waals surface area contributed by atoms with Crippen molar-refractivity contribution in [2.45, 2.75) is 163 Å². The van der Waals surface area contributed by atoms with Crippen LogP contribution in [0, 0.1) is 23.7 Å². The van der Waals surface area contributed by atoms with Gasteiger partial charge in [0.15, 0.2) is 30.2 Å². The summed E-state index contributed by atoms with van der Waals surface area (Å²) in [5.74, 6) is -5.89. The number of amides is 3. The Morgan fingerprint density at radius 1 is 0.469 bits per heavy atom. The molecule has 2 aliphatic rings. The molecule has 8 atom stereocenters. The van der Waals surface area contributed by atoms with Gasteiger partial charge in [0.1, 0.15) is 24.2 Å². The van der Waals surface area contributed by atoms with Gasteiger partial charge >= 0.3 is 23.9 Å². The molecule has 1 N–H and O–H groups in total. The Hall–Kier alpha value is -6.12. The van der Waals surface area contributed by atoms with Gasteiger partial charge in [0.2, 0.25) is 0 Å². The van der Waals surface area contributed by atoms with E-state index in [-0.39, 0.29) is 61.6 Å². The number of ketones is 1. The van der Waals surface area contributed by atoms with Crippen molar-refractivity contribution in [3.05, 3.63) is 59.7 Å². The Kier molecular flexibility index (Phi) is 27.0. The summed E-state index contributed by atoms with van der Waals surface area (Å²) in [4.78, 5) is 120. The van der Waals surface area contributed by atoms with Crippen LogP contribution in [0.2, 0.25) is 0 Å². The number of likely N-dealkylation sites (N-methyl/N-ethyl adjacent to an activating group) is 4. The summed E-state index contributed by atoms with van der Waals surface area (Å²) in [7, 11) is 5.89. The number of hydrogen-bond donors (Lipinski definition) is 1. The minimum atomic E-state index is -1.51. The number of benzene rings is 2. The number of nitrogens with one attached hydrogen (secondary N) is 1. The van der Waals surface area contributed by atoms with E-state index in [1.54, 1.807) is 7.05 Å². The van der Waals surface area contributed by atoms with E-state index in [1.807, 2.05) is 104 Å². The standard InChI is InChI=1S/C61H94N6O14/c1-38(2)32-49(62-12)58(72)78-43(10)55(69)64(14)52(35-41(7)8)61(75)81-54(37-46-18-22-48(23-19-46)67-26-30-77-31-27-67)57(71)65(15)50(33-39(3)4)59(73)79-44(11)56(70)63(13)51(34-40(5)6)60(74)80-53(42(9)68)36-45-16-20-47(21-17-45)66-24-28-76-29-25-66/h16-23,38-41,43-44,49-54,62H,24-37H2,1-15H3/t43-,44-,49+,50+,51+,52+,53?,54-/m1/s1. The molecule has 20 heteroatoms. The van der Waals surface area contributed by atoms with Gasteiger partial charge in [0.05, 0.1) is 26.4 Å². The van der Waals surface area contributed by atoms with E-state index < -0.39 is 90.2 Å². The molecule has 81 heavy (non-hydrogen) atoms. The van der Waals surface area contributed by atoms with E-state index in [1.165, 1.54) is 56.6 Å². The summed E-state index contributed by atoms with van der Waals surface area (Å²) in [5, 5.41) is 2.94. The first-order chi connectivity index (χ1) is 38.2. The van der Waals surface area contributed by atoms with Crippen molar-refractivity contribution in [2.75, 3.05) is 90.6 Å². The van der Waals surface area contributed by atoms with Crippen molar-refractivity contribution in [1.29, 1.82) is 0 Å². The van der Waals surface area contributed by atoms with Crippen molar-refractivity contribution >= 4 is 58.8 Å². The van der Waals surface area contributed by atoms with Gasteiger partial charge < -0.3 is 58.2 Å². The predicted octanol–water partition coefficient (Wildman–Crippen LogP) is 5.67. The number of morpholine rings is 2. The minimum absolute atomic E-state index is 0.0901. The number of nitrogens with zero attached hydrogens (tertiary/aromatic N) is 5. The summed E-state index contributed by atoms with van der Waals surface area (Å²) >= 11 is 0. The van der Waals surface area contributed by atoms with Crippen molar-refractivity contribution in [2.24, 2.45) is 23.7 Å². The quantitative estimate of drug-likeness (QED) is 0.0735. The fourth-order valence-corrected chi connectivity index (χ4v) is 9.89. The lowest BCUT2D eigenvalue weighted by Crippen LogP contribution is -2.53. The van der Waals surface area contributed by atoms with Crippen LogP contribution in [0.15, 0.2) is 48.5 Å². The Labute approximate surface area is 481 Å². The van der Waals surface area contributed by atoms with Crippen molar-refractivity contribution in [3.8, 4) is 0 Å². The minimum Gasteiger partial charge on any atom is -0.452 e. The largest absolute Gasteiger partial charge is 0.452 e. The van der Waals surface area contributed by atoms with Gasteiger partial charge in [-0.15, -0.1) is 0 Å². The highest BCUT2D eigenvalue weighted by Crippen LogP contribution is 2.25. The molecular weight excluding hydrogens is 1040 g/mol. The second-order valence-electron chi connectivity index (χ2n) is 23.3. The summed E-state index contributed by atoms with van der Waals surface area (Å²) in [6.45, 7) is 24.7. The van der Waals surface area contributed by atoms with E-state index in [2.05, 4.69) is 15.1 Å². The molecule has 2 heterocycles. The van der Waals surface area contributed by atoms with Gasteiger partial charge in [-0.05, 0) is 113 Å². The monoisotopic (exact) mass is 1130 g/mol. The average molecular weight is 1140 g/mol. The SMILES string of the molecule is CN[C@@H](CC(C)C)C(=O)O[C@H](C)C(=O)N(C)[C@@H](CC(C)C)C(=O)O[C@H](Cc1ccc(N2CCOCC2)cc1)C(=O)N(C)[C@@H](CC(C)C)C(=O)O[C@H](C)C(=O)N(C)[C@@H](CC(C)C)C(=O)OC(Cc1ccc(N2CCOCC2)cc1)C(C)=O. The van der Waals surface area contributed by atoms with Crippen LogP contribution in [-0.2, 0) is 79.6 Å². The number of carbonyl (C=O) groups is 8. The number of esters is 4. The topological polar surface area (TPSA) is 220 Å². The van der Waals surface area contributed by atoms with E-state index in [4.69, 9.17) is 28.4 Å². The number of Topliss-reactive ketones (excluding diaryl/α,β-unsaturated/α-hetero) is 1. The third-order valence-electron chi connectivity index (χ3n) is 14.7. The van der Waals surface area contributed by atoms with E-state index >= 15 is 4.79 Å². The van der Waals surface area contributed by atoms with Crippen LogP contribution >= 0.6 is 0 Å². The zero-order chi connectivity index (χ0) is 60.2. The molecule has 0 spiro atoms. The second kappa shape index (κ2) is 32.5. The van der Waals surface area contributed by atoms with Gasteiger partial charge in [-0.2, -0.15) is 0 Å². The van der Waals surface area contributed by atoms with Crippen LogP contribution in [0.4, 0.5) is 11.4 Å². The first kappa shape index (κ1) is 67.4. The zero-order valence-electron chi connectivity index (χ0n) is 50.9. The molecule has 452 valence electrons. The van der Waals surface area contributed by atoms with Crippen LogP contribution in [-0.4, -0.2) is 191 Å². The molecule has 2 aromatic rings. The molecule has 2 saturated heterocycles. The molecule has 0 saturated carbocycles. The van der Waals surface area contributed by atoms with Crippen molar-refractivity contribution in [3.63, 3.8) is 0 Å². The first-order valence-corrected chi connectivity index (χ1v) is 28.9. The fourth-order valence-electron chi connectivity index (χ4n) is 9.89. The second-order valence-corrected chi connectivity index (χ2v) is 23.3. The molecule has 0 aromatic heterocycles. The lowest BCUT2D eigenvalue weighted by Gasteiger charge is -2.34. The first-order valence-electron chi connectivity index (χ1n) is 28.9. The number of hydrogen-bond acceptors (Lipinski definition) is 17. The van der Waals surface area contributed by atoms with Gasteiger partial charge in [-0.1, -0.05) is 79.7 Å². The van der Waals surface area contributed by atoms with Crippen LogP contribution in [0.5, 0.6) is 0 Å². The molecule has 0 bridgehead atoms. The highest BCUT2D eigenvalue weighted by Gasteiger charge is 2.41. The van der Waals surface area contributed by atoms with Gasteiger partial charge in [0.25, 0.3) is 17.7 Å². The molecule has 1 unspecified atom stereocenters. The molecule has 4 rings (SSSR count). The third kappa shape index (κ3) is 20.7. The molecule has 2 aliphatic heterocycles. The molecule has 2 aromatic carbocycles.